The van der Waals surface area contributed by atoms with Gasteiger partial charge in [-0.3, -0.25) is 0 Å². The smallest absolute Gasteiger partial charge is 0.240 e. The maximum Gasteiger partial charge on any atom is 0.240 e. The molecule has 0 aliphatic carbocycles. The van der Waals surface area contributed by atoms with E-state index in [0.717, 1.165) is 15.8 Å². The van der Waals surface area contributed by atoms with Crippen molar-refractivity contribution < 1.29 is 9.47 Å². The van der Waals surface area contributed by atoms with Crippen LogP contribution in [0.2, 0.25) is 0 Å². The maximum absolute atomic E-state index is 5.92. The van der Waals surface area contributed by atoms with Crippen molar-refractivity contribution in [3.8, 4) is 17.4 Å². The summed E-state index contributed by atoms with van der Waals surface area (Å²) < 4.78 is 12.2. The Balaban J connectivity index is 1.99. The second-order valence-electron chi connectivity index (χ2n) is 4.33. The van der Waals surface area contributed by atoms with E-state index in [1.807, 2.05) is 48.7 Å². The molecule has 0 fully saturated rings. The van der Waals surface area contributed by atoms with Gasteiger partial charge >= 0.3 is 0 Å². The minimum absolute atomic E-state index is 0.548. The lowest BCUT2D eigenvalue weighted by Crippen LogP contribution is -1.93. The lowest BCUT2D eigenvalue weighted by molar-refractivity contribution is 0.376. The van der Waals surface area contributed by atoms with E-state index in [-0.39, 0.29) is 0 Å². The Labute approximate surface area is 126 Å². The molecule has 0 atom stereocenters. The fraction of sp³-hybridized carbons (Fsp3) is 0.125. The van der Waals surface area contributed by atoms with Gasteiger partial charge in [0.2, 0.25) is 5.88 Å². The molecule has 0 saturated carbocycles. The first-order chi connectivity index (χ1) is 10.3. The zero-order chi connectivity index (χ0) is 14.7. The lowest BCUT2D eigenvalue weighted by atomic mass is 10.2. The standard InChI is InChI=1S/C16H14N2O2S/c1-3-4-11-5-6-13(14(9-11)19-2)20-16-15-12(7-8-21-15)17-10-18-16/h3-10H,1-2H3/b4-3+. The molecule has 2 heterocycles. The van der Waals surface area contributed by atoms with E-state index in [4.69, 9.17) is 9.47 Å². The minimum atomic E-state index is 0.548. The largest absolute Gasteiger partial charge is 0.493 e. The zero-order valence-electron chi connectivity index (χ0n) is 11.7. The van der Waals surface area contributed by atoms with Crippen LogP contribution >= 0.6 is 11.3 Å². The highest BCUT2D eigenvalue weighted by Gasteiger charge is 2.11. The summed E-state index contributed by atoms with van der Waals surface area (Å²) >= 11 is 1.56. The molecule has 0 aliphatic heterocycles. The molecule has 106 valence electrons. The molecule has 3 aromatic rings. The van der Waals surface area contributed by atoms with Crippen LogP contribution in [0.15, 0.2) is 42.0 Å². The molecule has 2 aromatic heterocycles. The molecule has 4 nitrogen and oxygen atoms in total. The highest BCUT2D eigenvalue weighted by Crippen LogP contribution is 2.35. The van der Waals surface area contributed by atoms with Gasteiger partial charge in [0.05, 0.1) is 12.6 Å². The summed E-state index contributed by atoms with van der Waals surface area (Å²) in [6.45, 7) is 1.98. The van der Waals surface area contributed by atoms with Crippen molar-refractivity contribution >= 4 is 27.6 Å². The number of ether oxygens (including phenoxy) is 2. The van der Waals surface area contributed by atoms with Gasteiger partial charge in [-0.05, 0) is 36.1 Å². The molecule has 0 unspecified atom stereocenters. The third-order valence-corrected chi connectivity index (χ3v) is 3.86. The van der Waals surface area contributed by atoms with E-state index in [2.05, 4.69) is 9.97 Å². The maximum atomic E-state index is 5.92. The average molecular weight is 298 g/mol. The highest BCUT2D eigenvalue weighted by molar-refractivity contribution is 7.17. The monoisotopic (exact) mass is 298 g/mol. The molecule has 0 saturated heterocycles. The van der Waals surface area contributed by atoms with Crippen LogP contribution in [0.1, 0.15) is 12.5 Å². The minimum Gasteiger partial charge on any atom is -0.493 e. The second kappa shape index (κ2) is 5.93. The van der Waals surface area contributed by atoms with E-state index in [9.17, 15) is 0 Å². The number of allylic oxidation sites excluding steroid dienone is 1. The van der Waals surface area contributed by atoms with Crippen LogP contribution in [0.5, 0.6) is 17.4 Å². The summed E-state index contributed by atoms with van der Waals surface area (Å²) in [4.78, 5) is 8.42. The number of benzene rings is 1. The van der Waals surface area contributed by atoms with Crippen LogP contribution in [0.25, 0.3) is 16.3 Å². The van der Waals surface area contributed by atoms with E-state index in [1.165, 1.54) is 6.33 Å². The van der Waals surface area contributed by atoms with Crippen molar-refractivity contribution in [3.05, 3.63) is 47.6 Å². The number of thiophene rings is 1. The number of nitrogens with zero attached hydrogens (tertiary/aromatic N) is 2. The molecule has 0 bridgehead atoms. The van der Waals surface area contributed by atoms with E-state index in [1.54, 1.807) is 18.4 Å². The first-order valence-corrected chi connectivity index (χ1v) is 7.36. The normalized spacial score (nSPS) is 11.1. The van der Waals surface area contributed by atoms with Gasteiger partial charge in [0.15, 0.2) is 11.5 Å². The Hall–Kier alpha value is -2.40. The van der Waals surface area contributed by atoms with Crippen LogP contribution in [0.3, 0.4) is 0 Å². The van der Waals surface area contributed by atoms with Gasteiger partial charge in [-0.15, -0.1) is 11.3 Å². The molecule has 0 spiro atoms. The highest BCUT2D eigenvalue weighted by atomic mass is 32.1. The molecule has 5 heteroatoms. The molecule has 3 rings (SSSR count). The summed E-state index contributed by atoms with van der Waals surface area (Å²) in [5, 5.41) is 1.97. The molecule has 1 aromatic carbocycles. The zero-order valence-corrected chi connectivity index (χ0v) is 12.6. The first-order valence-electron chi connectivity index (χ1n) is 6.48. The quantitative estimate of drug-likeness (QED) is 0.710. The number of fused-ring (bicyclic) bond motifs is 1. The van der Waals surface area contributed by atoms with Crippen molar-refractivity contribution in [1.82, 2.24) is 9.97 Å². The predicted molar refractivity (Wildman–Crippen MR) is 85.2 cm³/mol. The summed E-state index contributed by atoms with van der Waals surface area (Å²) in [6, 6.07) is 7.74. The molecule has 0 radical (unpaired) electrons. The molecule has 0 amide bonds. The summed E-state index contributed by atoms with van der Waals surface area (Å²) in [7, 11) is 1.63. The Morgan fingerprint density at radius 2 is 2.05 bits per heavy atom. The van der Waals surface area contributed by atoms with E-state index >= 15 is 0 Å². The van der Waals surface area contributed by atoms with Gasteiger partial charge in [0.25, 0.3) is 0 Å². The van der Waals surface area contributed by atoms with Crippen molar-refractivity contribution in [2.45, 2.75) is 6.92 Å². The molecular formula is C16H14N2O2S. The van der Waals surface area contributed by atoms with E-state index < -0.39 is 0 Å². The number of hydrogen-bond acceptors (Lipinski definition) is 5. The van der Waals surface area contributed by atoms with Crippen molar-refractivity contribution in [2.24, 2.45) is 0 Å². The van der Waals surface area contributed by atoms with Crippen LogP contribution in [0.4, 0.5) is 0 Å². The van der Waals surface area contributed by atoms with Crippen LogP contribution in [-0.2, 0) is 0 Å². The van der Waals surface area contributed by atoms with E-state index in [0.29, 0.717) is 17.4 Å². The Kier molecular flexibility index (Phi) is 3.83. The molecule has 0 N–H and O–H groups in total. The van der Waals surface area contributed by atoms with Gasteiger partial charge in [-0.25, -0.2) is 9.97 Å². The average Bonchev–Trinajstić information content (AvgIpc) is 2.98. The van der Waals surface area contributed by atoms with Gasteiger partial charge in [0, 0.05) is 0 Å². The fourth-order valence-electron chi connectivity index (χ4n) is 2.01. The van der Waals surface area contributed by atoms with Gasteiger partial charge in [0.1, 0.15) is 11.0 Å². The fourth-order valence-corrected chi connectivity index (χ4v) is 2.78. The molecule has 0 aliphatic rings. The van der Waals surface area contributed by atoms with Crippen LogP contribution in [0, 0.1) is 0 Å². The van der Waals surface area contributed by atoms with Gasteiger partial charge < -0.3 is 9.47 Å². The molecule has 21 heavy (non-hydrogen) atoms. The second-order valence-corrected chi connectivity index (χ2v) is 5.24. The SMILES string of the molecule is C/C=C/c1ccc(Oc2ncnc3ccsc23)c(OC)c1. The molecular weight excluding hydrogens is 284 g/mol. The number of aromatic nitrogens is 2. The van der Waals surface area contributed by atoms with Crippen molar-refractivity contribution in [1.29, 1.82) is 0 Å². The Morgan fingerprint density at radius 3 is 2.86 bits per heavy atom. The third-order valence-electron chi connectivity index (χ3n) is 2.96. The summed E-state index contributed by atoms with van der Waals surface area (Å²) in [5.74, 6) is 1.86. The van der Waals surface area contributed by atoms with Gasteiger partial charge in [-0.1, -0.05) is 18.2 Å². The van der Waals surface area contributed by atoms with Crippen molar-refractivity contribution in [3.63, 3.8) is 0 Å². The first kappa shape index (κ1) is 13.6. The van der Waals surface area contributed by atoms with Crippen LogP contribution < -0.4 is 9.47 Å². The number of methoxy groups -OCH3 is 1. The third kappa shape index (κ3) is 2.73. The Bertz CT molecular complexity index is 796. The topological polar surface area (TPSA) is 44.2 Å². The van der Waals surface area contributed by atoms with Crippen LogP contribution in [-0.4, -0.2) is 17.1 Å². The Morgan fingerprint density at radius 1 is 1.14 bits per heavy atom. The predicted octanol–water partition coefficient (Wildman–Crippen LogP) is 4.53. The summed E-state index contributed by atoms with van der Waals surface area (Å²) in [5.41, 5.74) is 1.94. The van der Waals surface area contributed by atoms with Gasteiger partial charge in [-0.2, -0.15) is 0 Å². The number of rotatable bonds is 4. The summed E-state index contributed by atoms with van der Waals surface area (Å²) in [6.07, 6.45) is 5.49. The van der Waals surface area contributed by atoms with Crippen molar-refractivity contribution in [2.75, 3.05) is 7.11 Å². The number of hydrogen-bond donors (Lipinski definition) is 0. The lowest BCUT2D eigenvalue weighted by Gasteiger charge is -2.10.